The molecular weight excluding hydrogens is 264 g/mol. The van der Waals surface area contributed by atoms with E-state index in [1.165, 1.54) is 12.8 Å². The fraction of sp³-hybridized carbons (Fsp3) is 0.611. The van der Waals surface area contributed by atoms with Crippen molar-refractivity contribution in [3.8, 4) is 5.75 Å². The van der Waals surface area contributed by atoms with E-state index in [-0.39, 0.29) is 12.4 Å². The number of aliphatic hydroxyl groups is 1. The molecule has 1 unspecified atom stereocenters. The van der Waals surface area contributed by atoms with Gasteiger partial charge in [0.05, 0.1) is 6.10 Å². The Labute approximate surface area is 128 Å². The topological polar surface area (TPSA) is 46.5 Å². The molecule has 0 bridgehead atoms. The van der Waals surface area contributed by atoms with Crippen molar-refractivity contribution in [3.63, 3.8) is 0 Å². The van der Waals surface area contributed by atoms with E-state index in [2.05, 4.69) is 6.92 Å². The van der Waals surface area contributed by atoms with Crippen LogP contribution in [-0.4, -0.2) is 17.2 Å². The molecule has 1 aromatic carbocycles. The number of para-hydroxylation sites is 1. The minimum Gasteiger partial charge on any atom is -0.426 e. The molecule has 0 radical (unpaired) electrons. The lowest BCUT2D eigenvalue weighted by molar-refractivity contribution is -0.135. The average molecular weight is 292 g/mol. The Kier molecular flexibility index (Phi) is 8.76. The zero-order valence-corrected chi connectivity index (χ0v) is 13.3. The van der Waals surface area contributed by atoms with Crippen molar-refractivity contribution in [1.29, 1.82) is 0 Å². The molecule has 1 atom stereocenters. The van der Waals surface area contributed by atoms with Gasteiger partial charge in [0.2, 0.25) is 0 Å². The van der Waals surface area contributed by atoms with Crippen LogP contribution in [0, 0.1) is 0 Å². The smallest absolute Gasteiger partial charge is 0.311 e. The lowest BCUT2D eigenvalue weighted by Crippen LogP contribution is -2.14. The minimum atomic E-state index is -0.393. The highest BCUT2D eigenvalue weighted by Crippen LogP contribution is 2.19. The molecule has 1 N–H and O–H groups in total. The molecule has 0 amide bonds. The van der Waals surface area contributed by atoms with Gasteiger partial charge in [0.25, 0.3) is 0 Å². The molecule has 0 aromatic heterocycles. The van der Waals surface area contributed by atoms with Gasteiger partial charge in [0.1, 0.15) is 5.75 Å². The third-order valence-corrected chi connectivity index (χ3v) is 3.65. The summed E-state index contributed by atoms with van der Waals surface area (Å²) in [6.45, 7) is 4.20. The maximum atomic E-state index is 11.8. The third-order valence-electron chi connectivity index (χ3n) is 3.65. The summed E-state index contributed by atoms with van der Waals surface area (Å²) in [6.07, 6.45) is 6.57. The number of ether oxygens (including phenoxy) is 1. The van der Waals surface area contributed by atoms with Crippen LogP contribution in [0.25, 0.3) is 0 Å². The van der Waals surface area contributed by atoms with E-state index in [0.717, 1.165) is 31.2 Å². The van der Waals surface area contributed by atoms with Gasteiger partial charge in [-0.3, -0.25) is 4.79 Å². The molecule has 0 fully saturated rings. The SMILES string of the molecule is CCCCCCC(O)CCC(=O)Oc1ccccc1CC. The van der Waals surface area contributed by atoms with Gasteiger partial charge < -0.3 is 9.84 Å². The van der Waals surface area contributed by atoms with Gasteiger partial charge >= 0.3 is 5.97 Å². The Hall–Kier alpha value is -1.35. The average Bonchev–Trinajstić information content (AvgIpc) is 2.50. The van der Waals surface area contributed by atoms with Gasteiger partial charge in [-0.2, -0.15) is 0 Å². The summed E-state index contributed by atoms with van der Waals surface area (Å²) in [7, 11) is 0. The molecule has 0 aliphatic rings. The molecule has 0 heterocycles. The number of benzene rings is 1. The predicted octanol–water partition coefficient (Wildman–Crippen LogP) is 4.27. The molecule has 1 aromatic rings. The number of aliphatic hydroxyl groups excluding tert-OH is 1. The molecular formula is C18H28O3. The van der Waals surface area contributed by atoms with E-state index in [9.17, 15) is 9.90 Å². The van der Waals surface area contributed by atoms with E-state index >= 15 is 0 Å². The molecule has 0 spiro atoms. The van der Waals surface area contributed by atoms with E-state index in [4.69, 9.17) is 4.74 Å². The van der Waals surface area contributed by atoms with Crippen molar-refractivity contribution in [2.24, 2.45) is 0 Å². The fourth-order valence-corrected chi connectivity index (χ4v) is 2.30. The van der Waals surface area contributed by atoms with Crippen LogP contribution in [-0.2, 0) is 11.2 Å². The molecule has 118 valence electrons. The van der Waals surface area contributed by atoms with Crippen LogP contribution >= 0.6 is 0 Å². The fourth-order valence-electron chi connectivity index (χ4n) is 2.30. The molecule has 0 aliphatic heterocycles. The van der Waals surface area contributed by atoms with Crippen molar-refractivity contribution in [2.45, 2.75) is 71.3 Å². The van der Waals surface area contributed by atoms with Crippen molar-refractivity contribution in [3.05, 3.63) is 29.8 Å². The van der Waals surface area contributed by atoms with E-state index in [1.807, 2.05) is 31.2 Å². The standard InChI is InChI=1S/C18H28O3/c1-3-5-6-7-11-16(19)13-14-18(20)21-17-12-9-8-10-15(17)4-2/h8-10,12,16,19H,3-7,11,13-14H2,1-2H3. The molecule has 0 aliphatic carbocycles. The summed E-state index contributed by atoms with van der Waals surface area (Å²) in [6, 6.07) is 7.59. The predicted molar refractivity (Wildman–Crippen MR) is 85.5 cm³/mol. The van der Waals surface area contributed by atoms with E-state index < -0.39 is 6.10 Å². The summed E-state index contributed by atoms with van der Waals surface area (Å²) >= 11 is 0. The first-order valence-corrected chi connectivity index (χ1v) is 8.14. The summed E-state index contributed by atoms with van der Waals surface area (Å²) in [5.41, 5.74) is 1.03. The Balaban J connectivity index is 2.27. The lowest BCUT2D eigenvalue weighted by atomic mass is 10.1. The van der Waals surface area contributed by atoms with Crippen molar-refractivity contribution >= 4 is 5.97 Å². The zero-order valence-electron chi connectivity index (χ0n) is 13.3. The van der Waals surface area contributed by atoms with E-state index in [0.29, 0.717) is 12.2 Å². The number of hydrogen-bond acceptors (Lipinski definition) is 3. The van der Waals surface area contributed by atoms with Gasteiger partial charge in [-0.1, -0.05) is 57.7 Å². The number of rotatable bonds is 10. The number of aryl methyl sites for hydroxylation is 1. The van der Waals surface area contributed by atoms with Crippen molar-refractivity contribution < 1.29 is 14.6 Å². The first kappa shape index (κ1) is 17.7. The highest BCUT2D eigenvalue weighted by molar-refractivity contribution is 5.72. The quantitative estimate of drug-likeness (QED) is 0.398. The van der Waals surface area contributed by atoms with Crippen LogP contribution in [0.1, 0.15) is 64.4 Å². The Bertz CT molecular complexity index is 415. The van der Waals surface area contributed by atoms with Crippen LogP contribution in [0.4, 0.5) is 0 Å². The first-order valence-electron chi connectivity index (χ1n) is 8.14. The second-order valence-electron chi connectivity index (χ2n) is 5.48. The van der Waals surface area contributed by atoms with Gasteiger partial charge in [-0.15, -0.1) is 0 Å². The Morgan fingerprint density at radius 1 is 1.14 bits per heavy atom. The second kappa shape index (κ2) is 10.4. The van der Waals surface area contributed by atoms with Crippen LogP contribution in [0.5, 0.6) is 5.75 Å². The normalized spacial score (nSPS) is 12.1. The first-order chi connectivity index (χ1) is 10.2. The summed E-state index contributed by atoms with van der Waals surface area (Å²) in [5, 5.41) is 9.86. The number of unbranched alkanes of at least 4 members (excludes halogenated alkanes) is 3. The van der Waals surface area contributed by atoms with Crippen molar-refractivity contribution in [1.82, 2.24) is 0 Å². The molecule has 1 rings (SSSR count). The van der Waals surface area contributed by atoms with Crippen LogP contribution in [0.15, 0.2) is 24.3 Å². The Morgan fingerprint density at radius 3 is 2.62 bits per heavy atom. The molecule has 0 saturated carbocycles. The lowest BCUT2D eigenvalue weighted by Gasteiger charge is -2.11. The van der Waals surface area contributed by atoms with E-state index in [1.54, 1.807) is 0 Å². The number of esters is 1. The second-order valence-corrected chi connectivity index (χ2v) is 5.48. The Morgan fingerprint density at radius 2 is 1.90 bits per heavy atom. The van der Waals surface area contributed by atoms with Crippen molar-refractivity contribution in [2.75, 3.05) is 0 Å². The highest BCUT2D eigenvalue weighted by atomic mass is 16.5. The summed E-state index contributed by atoms with van der Waals surface area (Å²) in [5.74, 6) is 0.381. The molecule has 21 heavy (non-hydrogen) atoms. The van der Waals surface area contributed by atoms with Gasteiger partial charge in [-0.05, 0) is 30.9 Å². The zero-order chi connectivity index (χ0) is 15.5. The number of carbonyl (C=O) groups excluding carboxylic acids is 1. The monoisotopic (exact) mass is 292 g/mol. The third kappa shape index (κ3) is 7.28. The summed E-state index contributed by atoms with van der Waals surface area (Å²) < 4.78 is 5.38. The summed E-state index contributed by atoms with van der Waals surface area (Å²) in [4.78, 5) is 11.8. The largest absolute Gasteiger partial charge is 0.426 e. The maximum absolute atomic E-state index is 11.8. The maximum Gasteiger partial charge on any atom is 0.311 e. The number of carbonyl (C=O) groups is 1. The van der Waals surface area contributed by atoms with Gasteiger partial charge in [0.15, 0.2) is 0 Å². The number of hydrogen-bond donors (Lipinski definition) is 1. The van der Waals surface area contributed by atoms with Crippen LogP contribution in [0.2, 0.25) is 0 Å². The van der Waals surface area contributed by atoms with Crippen LogP contribution in [0.3, 0.4) is 0 Å². The highest BCUT2D eigenvalue weighted by Gasteiger charge is 2.11. The minimum absolute atomic E-state index is 0.261. The van der Waals surface area contributed by atoms with Gasteiger partial charge in [-0.25, -0.2) is 0 Å². The van der Waals surface area contributed by atoms with Gasteiger partial charge in [0, 0.05) is 6.42 Å². The molecule has 3 heteroatoms. The van der Waals surface area contributed by atoms with Crippen LogP contribution < -0.4 is 4.74 Å². The molecule has 0 saturated heterocycles. The molecule has 3 nitrogen and oxygen atoms in total.